The Labute approximate surface area is 144 Å². The van der Waals surface area contributed by atoms with Crippen molar-refractivity contribution in [1.29, 1.82) is 0 Å². The maximum absolute atomic E-state index is 12.8. The van der Waals surface area contributed by atoms with Gasteiger partial charge in [0.1, 0.15) is 17.0 Å². The Bertz CT molecular complexity index is 1000. The molecular formula is C17H13F3N2O4. The van der Waals surface area contributed by atoms with Crippen molar-refractivity contribution in [2.24, 2.45) is 5.73 Å². The zero-order valence-corrected chi connectivity index (χ0v) is 13.4. The molecule has 0 atom stereocenters. The van der Waals surface area contributed by atoms with E-state index < -0.39 is 29.3 Å². The average molecular weight is 366 g/mol. The first-order chi connectivity index (χ1) is 12.2. The smallest absolute Gasteiger partial charge is 0.416 e. The number of benzene rings is 1. The molecule has 0 bridgehead atoms. The molecule has 136 valence electrons. The van der Waals surface area contributed by atoms with Gasteiger partial charge < -0.3 is 19.9 Å². The fourth-order valence-corrected chi connectivity index (χ4v) is 2.44. The standard InChI is InChI=1S/C17H13F3N2O4/c1-2-9-4-6-11(25-9)16(24)22-13-10-5-3-8(17(18,19)20)7-12(10)26-14(13)15(21)23/h3-7H,2H2,1H3,(H2,21,23)(H,22,24). The second-order valence-electron chi connectivity index (χ2n) is 5.45. The van der Waals surface area contributed by atoms with Crippen molar-refractivity contribution in [3.05, 3.63) is 53.2 Å². The fourth-order valence-electron chi connectivity index (χ4n) is 2.44. The highest BCUT2D eigenvalue weighted by molar-refractivity contribution is 6.13. The molecule has 6 nitrogen and oxygen atoms in total. The van der Waals surface area contributed by atoms with Crippen molar-refractivity contribution in [3.8, 4) is 0 Å². The molecule has 0 aliphatic rings. The monoisotopic (exact) mass is 366 g/mol. The summed E-state index contributed by atoms with van der Waals surface area (Å²) in [6.45, 7) is 1.84. The number of hydrogen-bond acceptors (Lipinski definition) is 4. The number of carbonyl (C=O) groups is 2. The van der Waals surface area contributed by atoms with Crippen LogP contribution < -0.4 is 11.1 Å². The normalized spacial score (nSPS) is 11.7. The number of amides is 2. The molecule has 9 heteroatoms. The summed E-state index contributed by atoms with van der Waals surface area (Å²) in [5, 5.41) is 2.53. The van der Waals surface area contributed by atoms with Gasteiger partial charge in [-0.2, -0.15) is 13.2 Å². The van der Waals surface area contributed by atoms with E-state index in [1.54, 1.807) is 6.07 Å². The number of carbonyl (C=O) groups excluding carboxylic acids is 2. The van der Waals surface area contributed by atoms with Crippen LogP contribution in [0.2, 0.25) is 0 Å². The topological polar surface area (TPSA) is 98.5 Å². The molecule has 1 aromatic carbocycles. The summed E-state index contributed by atoms with van der Waals surface area (Å²) in [4.78, 5) is 23.9. The van der Waals surface area contributed by atoms with Crippen LogP contribution in [-0.2, 0) is 12.6 Å². The molecule has 0 saturated carbocycles. The van der Waals surface area contributed by atoms with Gasteiger partial charge in [0, 0.05) is 11.8 Å². The molecule has 2 amide bonds. The van der Waals surface area contributed by atoms with Gasteiger partial charge >= 0.3 is 6.18 Å². The number of primary amides is 1. The Morgan fingerprint density at radius 1 is 1.15 bits per heavy atom. The van der Waals surface area contributed by atoms with Crippen LogP contribution in [0.3, 0.4) is 0 Å². The Balaban J connectivity index is 2.04. The average Bonchev–Trinajstić information content (AvgIpc) is 3.18. The number of anilines is 1. The zero-order valence-electron chi connectivity index (χ0n) is 13.4. The van der Waals surface area contributed by atoms with Crippen molar-refractivity contribution in [2.75, 3.05) is 5.32 Å². The SMILES string of the molecule is CCc1ccc(C(=O)Nc2c(C(N)=O)oc3cc(C(F)(F)F)ccc23)o1. The summed E-state index contributed by atoms with van der Waals surface area (Å²) < 4.78 is 49.0. The molecule has 0 unspecified atom stereocenters. The number of nitrogens with one attached hydrogen (secondary N) is 1. The minimum absolute atomic E-state index is 0.0152. The molecule has 0 aliphatic heterocycles. The highest BCUT2D eigenvalue weighted by Gasteiger charge is 2.32. The third-order valence-electron chi connectivity index (χ3n) is 3.71. The van der Waals surface area contributed by atoms with Crippen LogP contribution in [0, 0.1) is 0 Å². The molecule has 0 aliphatic carbocycles. The first kappa shape index (κ1) is 17.6. The quantitative estimate of drug-likeness (QED) is 0.730. The van der Waals surface area contributed by atoms with Gasteiger partial charge in [-0.3, -0.25) is 9.59 Å². The summed E-state index contributed by atoms with van der Waals surface area (Å²) in [5.74, 6) is -1.60. The predicted octanol–water partition coefficient (Wildman–Crippen LogP) is 3.96. The number of alkyl halides is 3. The molecule has 2 aromatic heterocycles. The van der Waals surface area contributed by atoms with Crippen molar-refractivity contribution >= 4 is 28.5 Å². The van der Waals surface area contributed by atoms with Crippen LogP contribution in [0.4, 0.5) is 18.9 Å². The Morgan fingerprint density at radius 3 is 2.46 bits per heavy atom. The summed E-state index contributed by atoms with van der Waals surface area (Å²) in [7, 11) is 0. The number of fused-ring (bicyclic) bond motifs is 1. The third-order valence-corrected chi connectivity index (χ3v) is 3.71. The maximum atomic E-state index is 12.8. The third kappa shape index (κ3) is 3.15. The highest BCUT2D eigenvalue weighted by Crippen LogP contribution is 2.36. The van der Waals surface area contributed by atoms with E-state index in [1.807, 2.05) is 6.92 Å². The summed E-state index contributed by atoms with van der Waals surface area (Å²) >= 11 is 0. The van der Waals surface area contributed by atoms with Gasteiger partial charge in [-0.1, -0.05) is 6.92 Å². The van der Waals surface area contributed by atoms with Gasteiger partial charge in [-0.25, -0.2) is 0 Å². The first-order valence-electron chi connectivity index (χ1n) is 7.54. The Morgan fingerprint density at radius 2 is 1.88 bits per heavy atom. The van der Waals surface area contributed by atoms with Crippen molar-refractivity contribution in [2.45, 2.75) is 19.5 Å². The maximum Gasteiger partial charge on any atom is 0.416 e. The molecule has 0 spiro atoms. The van der Waals surface area contributed by atoms with Crippen LogP contribution >= 0.6 is 0 Å². The summed E-state index contributed by atoms with van der Waals surface area (Å²) in [5.41, 5.74) is 3.93. The number of aryl methyl sites for hydroxylation is 1. The molecule has 3 N–H and O–H groups in total. The molecule has 2 heterocycles. The van der Waals surface area contributed by atoms with E-state index in [4.69, 9.17) is 14.6 Å². The van der Waals surface area contributed by atoms with E-state index >= 15 is 0 Å². The highest BCUT2D eigenvalue weighted by atomic mass is 19.4. The second kappa shape index (κ2) is 6.25. The van der Waals surface area contributed by atoms with E-state index in [2.05, 4.69) is 5.32 Å². The number of furan rings is 2. The van der Waals surface area contributed by atoms with Crippen LogP contribution in [0.15, 0.2) is 39.2 Å². The molecule has 3 rings (SSSR count). The molecule has 3 aromatic rings. The van der Waals surface area contributed by atoms with E-state index in [9.17, 15) is 22.8 Å². The second-order valence-corrected chi connectivity index (χ2v) is 5.45. The van der Waals surface area contributed by atoms with Gasteiger partial charge in [0.05, 0.1) is 5.56 Å². The van der Waals surface area contributed by atoms with Crippen LogP contribution in [0.25, 0.3) is 11.0 Å². The van der Waals surface area contributed by atoms with Gasteiger partial charge in [0.2, 0.25) is 5.76 Å². The summed E-state index contributed by atoms with van der Waals surface area (Å²) in [6, 6.07) is 5.72. The lowest BCUT2D eigenvalue weighted by molar-refractivity contribution is -0.137. The number of hydrogen-bond donors (Lipinski definition) is 2. The van der Waals surface area contributed by atoms with E-state index in [0.29, 0.717) is 12.2 Å². The minimum atomic E-state index is -4.58. The first-order valence-corrected chi connectivity index (χ1v) is 7.54. The van der Waals surface area contributed by atoms with E-state index in [0.717, 1.165) is 18.2 Å². The predicted molar refractivity (Wildman–Crippen MR) is 85.8 cm³/mol. The Hall–Kier alpha value is -3.23. The molecule has 0 fully saturated rings. The fraction of sp³-hybridized carbons (Fsp3) is 0.176. The molecule has 0 radical (unpaired) electrons. The van der Waals surface area contributed by atoms with Gasteiger partial charge in [-0.05, 0) is 30.3 Å². The number of rotatable bonds is 4. The van der Waals surface area contributed by atoms with Crippen molar-refractivity contribution < 1.29 is 31.6 Å². The lowest BCUT2D eigenvalue weighted by Crippen LogP contribution is -2.16. The van der Waals surface area contributed by atoms with Gasteiger partial charge in [0.25, 0.3) is 11.8 Å². The zero-order chi connectivity index (χ0) is 19.1. The van der Waals surface area contributed by atoms with Crippen molar-refractivity contribution in [1.82, 2.24) is 0 Å². The van der Waals surface area contributed by atoms with Gasteiger partial charge in [-0.15, -0.1) is 0 Å². The van der Waals surface area contributed by atoms with Crippen molar-refractivity contribution in [3.63, 3.8) is 0 Å². The van der Waals surface area contributed by atoms with E-state index in [1.165, 1.54) is 6.07 Å². The summed E-state index contributed by atoms with van der Waals surface area (Å²) in [6.07, 6.45) is -4.00. The molecular weight excluding hydrogens is 353 g/mol. The van der Waals surface area contributed by atoms with Crippen LogP contribution in [0.1, 0.15) is 39.4 Å². The van der Waals surface area contributed by atoms with Gasteiger partial charge in [0.15, 0.2) is 5.76 Å². The number of halogens is 3. The number of nitrogens with two attached hydrogens (primary N) is 1. The van der Waals surface area contributed by atoms with E-state index in [-0.39, 0.29) is 22.4 Å². The van der Waals surface area contributed by atoms with Crippen LogP contribution in [0.5, 0.6) is 0 Å². The molecule has 26 heavy (non-hydrogen) atoms. The lowest BCUT2D eigenvalue weighted by Gasteiger charge is -2.06. The lowest BCUT2D eigenvalue weighted by atomic mass is 10.1. The Kier molecular flexibility index (Phi) is 4.23. The largest absolute Gasteiger partial charge is 0.456 e. The van der Waals surface area contributed by atoms with Crippen LogP contribution in [-0.4, -0.2) is 11.8 Å². The minimum Gasteiger partial charge on any atom is -0.456 e. The molecule has 0 saturated heterocycles.